The molecule has 4 aromatic carbocycles. The third-order valence-corrected chi connectivity index (χ3v) is 9.60. The summed E-state index contributed by atoms with van der Waals surface area (Å²) in [6, 6.07) is 38.0. The van der Waals surface area contributed by atoms with Crippen molar-refractivity contribution in [2.24, 2.45) is 0 Å². The van der Waals surface area contributed by atoms with E-state index in [1.807, 2.05) is 54.2 Å². The quantitative estimate of drug-likeness (QED) is 0.142. The Kier molecular flexibility index (Phi) is 9.56. The first-order valence-corrected chi connectivity index (χ1v) is 17.1. The molecule has 4 aromatic heterocycles. The Hall–Kier alpha value is -5.52. The van der Waals surface area contributed by atoms with E-state index in [9.17, 15) is 0 Å². The van der Waals surface area contributed by atoms with Gasteiger partial charge in [-0.2, -0.15) is 11.6 Å². The Bertz CT molecular complexity index is 2570. The van der Waals surface area contributed by atoms with Gasteiger partial charge in [0, 0.05) is 29.4 Å². The summed E-state index contributed by atoms with van der Waals surface area (Å²) in [5, 5.41) is 7.21. The molecular formula is C44H37N5O2Pt. The number of methoxy groups -OCH3 is 1. The molecule has 0 bridgehead atoms. The topological polar surface area (TPSA) is 67.0 Å². The molecule has 260 valence electrons. The number of nitrogens with zero attached hydrogens (tertiary/aromatic N) is 5. The van der Waals surface area contributed by atoms with Gasteiger partial charge in [0.05, 0.1) is 18.4 Å². The summed E-state index contributed by atoms with van der Waals surface area (Å²) in [6.07, 6.45) is 4.59. The standard InChI is InChI=1S/C44H37N5O2.Pt/c1-7-31-17-19-46-41(24-31)48-39-14-9-8-12-36(39)37-16-15-34(26-40(37)48)51-35-21-27(2)20-33(25-35)49-43(38-13-10-11-18-45-38)42(44(47-49)50-6)32-22-28(3)30(5)29(4)23-32;/h8-24H,7H2,1-6H3;/q-2;+2. The molecule has 7 nitrogen and oxygen atoms in total. The molecule has 0 saturated heterocycles. The SMILES string of the molecule is CCc1ccnc(-n2c3[c-]c(Oc4[c-]c(-n5nc(OC)c(-c6cc(C)c(C)c(C)c6)c5-c5ccccn5)cc(C)c4)ccc3c3ccccc32)c1.[Pt+2]. The number of aromatic nitrogens is 5. The second-order valence-electron chi connectivity index (χ2n) is 12.9. The summed E-state index contributed by atoms with van der Waals surface area (Å²) < 4.78 is 16.5. The molecule has 0 unspecified atom stereocenters. The van der Waals surface area contributed by atoms with Gasteiger partial charge >= 0.3 is 21.1 Å². The van der Waals surface area contributed by atoms with Gasteiger partial charge in [-0.25, -0.2) is 4.98 Å². The number of ether oxygens (including phenoxy) is 2. The second kappa shape index (κ2) is 14.2. The normalized spacial score (nSPS) is 11.2. The van der Waals surface area contributed by atoms with Crippen LogP contribution in [-0.4, -0.2) is 31.4 Å². The fraction of sp³-hybridized carbons (Fsp3) is 0.159. The number of para-hydroxylation sites is 1. The number of hydrogen-bond donors (Lipinski definition) is 0. The van der Waals surface area contributed by atoms with Crippen molar-refractivity contribution in [3.63, 3.8) is 0 Å². The van der Waals surface area contributed by atoms with E-state index in [2.05, 4.69) is 99.0 Å². The van der Waals surface area contributed by atoms with Gasteiger partial charge in [0.2, 0.25) is 5.88 Å². The van der Waals surface area contributed by atoms with Gasteiger partial charge in [-0.05, 0) is 96.4 Å². The molecule has 8 heteroatoms. The minimum atomic E-state index is 0. The van der Waals surface area contributed by atoms with Crippen LogP contribution in [0.3, 0.4) is 0 Å². The van der Waals surface area contributed by atoms with Crippen LogP contribution in [-0.2, 0) is 27.5 Å². The molecule has 0 fully saturated rings. The van der Waals surface area contributed by atoms with Gasteiger partial charge in [-0.3, -0.25) is 9.67 Å². The maximum atomic E-state index is 6.57. The van der Waals surface area contributed by atoms with Crippen LogP contribution in [0.25, 0.3) is 55.8 Å². The molecular weight excluding hydrogens is 826 g/mol. The van der Waals surface area contributed by atoms with Crippen LogP contribution in [0.1, 0.15) is 34.7 Å². The Balaban J connectivity index is 0.00000420. The minimum absolute atomic E-state index is 0. The third-order valence-electron chi connectivity index (χ3n) is 9.60. The number of hydrogen-bond acceptors (Lipinski definition) is 5. The molecule has 0 radical (unpaired) electrons. The van der Waals surface area contributed by atoms with Crippen molar-refractivity contribution in [2.45, 2.75) is 41.0 Å². The Morgan fingerprint density at radius 2 is 1.54 bits per heavy atom. The number of fused-ring (bicyclic) bond motifs is 3. The molecule has 0 amide bonds. The van der Waals surface area contributed by atoms with Gasteiger partial charge < -0.3 is 14.0 Å². The summed E-state index contributed by atoms with van der Waals surface area (Å²) >= 11 is 0. The van der Waals surface area contributed by atoms with Crippen LogP contribution >= 0.6 is 0 Å². The number of aryl methyl sites for hydroxylation is 4. The van der Waals surface area contributed by atoms with Crippen LogP contribution in [0.2, 0.25) is 0 Å². The van der Waals surface area contributed by atoms with E-state index in [0.29, 0.717) is 23.1 Å². The summed E-state index contributed by atoms with van der Waals surface area (Å²) in [5.74, 6) is 2.46. The van der Waals surface area contributed by atoms with Crippen LogP contribution in [0.4, 0.5) is 0 Å². The average Bonchev–Trinajstić information content (AvgIpc) is 3.70. The van der Waals surface area contributed by atoms with Crippen molar-refractivity contribution in [3.05, 3.63) is 143 Å². The molecule has 0 saturated carbocycles. The zero-order chi connectivity index (χ0) is 35.2. The summed E-state index contributed by atoms with van der Waals surface area (Å²) in [4.78, 5) is 9.52. The van der Waals surface area contributed by atoms with E-state index in [0.717, 1.165) is 62.1 Å². The van der Waals surface area contributed by atoms with Crippen LogP contribution in [0.5, 0.6) is 17.4 Å². The van der Waals surface area contributed by atoms with E-state index in [1.165, 1.54) is 22.3 Å². The maximum Gasteiger partial charge on any atom is 2.00 e. The molecule has 0 atom stereocenters. The van der Waals surface area contributed by atoms with Gasteiger partial charge in [0.15, 0.2) is 0 Å². The number of benzene rings is 4. The Morgan fingerprint density at radius 1 is 0.750 bits per heavy atom. The third kappa shape index (κ3) is 6.20. The monoisotopic (exact) mass is 862 g/mol. The second-order valence-corrected chi connectivity index (χ2v) is 12.9. The fourth-order valence-electron chi connectivity index (χ4n) is 6.82. The largest absolute Gasteiger partial charge is 2.00 e. The fourth-order valence-corrected chi connectivity index (χ4v) is 6.82. The van der Waals surface area contributed by atoms with Crippen molar-refractivity contribution < 1.29 is 30.5 Å². The van der Waals surface area contributed by atoms with Crippen molar-refractivity contribution in [1.82, 2.24) is 24.3 Å². The van der Waals surface area contributed by atoms with Gasteiger partial charge in [0.1, 0.15) is 11.5 Å². The first-order valence-electron chi connectivity index (χ1n) is 17.1. The van der Waals surface area contributed by atoms with E-state index >= 15 is 0 Å². The molecule has 8 aromatic rings. The van der Waals surface area contributed by atoms with Crippen LogP contribution < -0.4 is 9.47 Å². The Morgan fingerprint density at radius 3 is 2.29 bits per heavy atom. The van der Waals surface area contributed by atoms with Crippen LogP contribution in [0.15, 0.2) is 103 Å². The van der Waals surface area contributed by atoms with Crippen molar-refractivity contribution in [3.8, 4) is 51.4 Å². The average molecular weight is 863 g/mol. The molecule has 0 N–H and O–H groups in total. The summed E-state index contributed by atoms with van der Waals surface area (Å²) in [6.45, 7) is 10.6. The van der Waals surface area contributed by atoms with E-state index in [4.69, 9.17) is 24.5 Å². The molecule has 8 rings (SSSR count). The van der Waals surface area contributed by atoms with E-state index in [1.54, 1.807) is 13.3 Å². The van der Waals surface area contributed by atoms with Crippen molar-refractivity contribution >= 4 is 21.8 Å². The first-order chi connectivity index (χ1) is 24.8. The number of pyridine rings is 2. The maximum absolute atomic E-state index is 6.57. The molecule has 4 heterocycles. The smallest absolute Gasteiger partial charge is 0.509 e. The molecule has 52 heavy (non-hydrogen) atoms. The molecule has 0 aliphatic heterocycles. The number of rotatable bonds is 8. The molecule has 0 spiro atoms. The summed E-state index contributed by atoms with van der Waals surface area (Å²) in [5.41, 5.74) is 12.0. The predicted molar refractivity (Wildman–Crippen MR) is 203 cm³/mol. The van der Waals surface area contributed by atoms with Crippen molar-refractivity contribution in [1.29, 1.82) is 0 Å². The van der Waals surface area contributed by atoms with Gasteiger partial charge in [-0.1, -0.05) is 55.8 Å². The zero-order valence-electron chi connectivity index (χ0n) is 29.9. The van der Waals surface area contributed by atoms with Gasteiger partial charge in [-0.15, -0.1) is 40.8 Å². The van der Waals surface area contributed by atoms with E-state index < -0.39 is 0 Å². The predicted octanol–water partition coefficient (Wildman–Crippen LogP) is 10.3. The Labute approximate surface area is 318 Å². The molecule has 0 aliphatic rings. The van der Waals surface area contributed by atoms with E-state index in [-0.39, 0.29) is 21.1 Å². The minimum Gasteiger partial charge on any atom is -0.509 e. The van der Waals surface area contributed by atoms with Gasteiger partial charge in [0.25, 0.3) is 0 Å². The zero-order valence-corrected chi connectivity index (χ0v) is 32.2. The first kappa shape index (κ1) is 34.9. The van der Waals surface area contributed by atoms with Crippen LogP contribution in [0, 0.1) is 39.8 Å². The van der Waals surface area contributed by atoms with Crippen molar-refractivity contribution in [2.75, 3.05) is 7.11 Å². The summed E-state index contributed by atoms with van der Waals surface area (Å²) in [7, 11) is 1.65. The molecule has 0 aliphatic carbocycles.